The fraction of sp³-hybridized carbons (Fsp3) is 0.500. The molecular formula is C16H23NO4. The van der Waals surface area contributed by atoms with E-state index in [9.17, 15) is 9.59 Å². The number of carbonyl (C=O) groups is 2. The SMILES string of the molecule is CCCOc1cccc(CC(=O)N(C)CCCC(=O)O)c1. The van der Waals surface area contributed by atoms with Gasteiger partial charge in [-0.25, -0.2) is 0 Å². The van der Waals surface area contributed by atoms with Crippen molar-refractivity contribution in [2.75, 3.05) is 20.2 Å². The Hall–Kier alpha value is -2.04. The summed E-state index contributed by atoms with van der Waals surface area (Å²) >= 11 is 0. The molecule has 116 valence electrons. The van der Waals surface area contributed by atoms with Crippen LogP contribution in [0.2, 0.25) is 0 Å². The van der Waals surface area contributed by atoms with Crippen LogP contribution < -0.4 is 4.74 Å². The molecule has 0 saturated carbocycles. The fourth-order valence-electron chi connectivity index (χ4n) is 1.87. The van der Waals surface area contributed by atoms with Crippen LogP contribution in [0.5, 0.6) is 5.75 Å². The largest absolute Gasteiger partial charge is 0.494 e. The van der Waals surface area contributed by atoms with Crippen molar-refractivity contribution in [2.24, 2.45) is 0 Å². The maximum atomic E-state index is 12.1. The van der Waals surface area contributed by atoms with Crippen molar-refractivity contribution in [1.82, 2.24) is 4.90 Å². The van der Waals surface area contributed by atoms with E-state index in [1.165, 1.54) is 0 Å². The fourth-order valence-corrected chi connectivity index (χ4v) is 1.87. The lowest BCUT2D eigenvalue weighted by molar-refractivity contribution is -0.138. The standard InChI is InChI=1S/C16H23NO4/c1-3-10-21-14-7-4-6-13(11-14)12-15(18)17(2)9-5-8-16(19)20/h4,6-7,11H,3,5,8-10,12H2,1-2H3,(H,19,20). The number of ether oxygens (including phenoxy) is 1. The van der Waals surface area contributed by atoms with Gasteiger partial charge in [-0.2, -0.15) is 0 Å². The van der Waals surface area contributed by atoms with Gasteiger partial charge in [-0.3, -0.25) is 9.59 Å². The van der Waals surface area contributed by atoms with E-state index in [0.717, 1.165) is 17.7 Å². The number of carboxylic acids is 1. The molecule has 1 aromatic carbocycles. The van der Waals surface area contributed by atoms with Crippen LogP contribution in [0, 0.1) is 0 Å². The maximum absolute atomic E-state index is 12.1. The van der Waals surface area contributed by atoms with Crippen LogP contribution in [-0.4, -0.2) is 42.1 Å². The molecule has 0 unspecified atom stereocenters. The summed E-state index contributed by atoms with van der Waals surface area (Å²) in [5.41, 5.74) is 0.902. The lowest BCUT2D eigenvalue weighted by Gasteiger charge is -2.17. The van der Waals surface area contributed by atoms with Crippen LogP contribution >= 0.6 is 0 Å². The van der Waals surface area contributed by atoms with Crippen LogP contribution in [0.3, 0.4) is 0 Å². The van der Waals surface area contributed by atoms with E-state index >= 15 is 0 Å². The quantitative estimate of drug-likeness (QED) is 0.759. The van der Waals surface area contributed by atoms with Crippen molar-refractivity contribution in [3.8, 4) is 5.75 Å². The molecule has 0 radical (unpaired) electrons. The zero-order valence-electron chi connectivity index (χ0n) is 12.7. The molecule has 1 aromatic rings. The van der Waals surface area contributed by atoms with Gasteiger partial charge in [0.05, 0.1) is 13.0 Å². The molecule has 0 atom stereocenters. The summed E-state index contributed by atoms with van der Waals surface area (Å²) in [7, 11) is 1.70. The number of hydrogen-bond acceptors (Lipinski definition) is 3. The number of likely N-dealkylation sites (N-methyl/N-ethyl adjacent to an activating group) is 1. The second-order valence-electron chi connectivity index (χ2n) is 4.99. The molecule has 0 spiro atoms. The van der Waals surface area contributed by atoms with E-state index in [1.54, 1.807) is 11.9 Å². The van der Waals surface area contributed by atoms with Crippen LogP contribution in [0.25, 0.3) is 0 Å². The zero-order chi connectivity index (χ0) is 15.7. The van der Waals surface area contributed by atoms with E-state index in [1.807, 2.05) is 31.2 Å². The highest BCUT2D eigenvalue weighted by Gasteiger charge is 2.10. The van der Waals surface area contributed by atoms with Gasteiger partial charge in [0.1, 0.15) is 5.75 Å². The molecule has 5 heteroatoms. The number of carboxylic acid groups (broad SMARTS) is 1. The minimum absolute atomic E-state index is 0.0203. The lowest BCUT2D eigenvalue weighted by Crippen LogP contribution is -2.29. The Morgan fingerprint density at radius 1 is 1.33 bits per heavy atom. The van der Waals surface area contributed by atoms with E-state index in [4.69, 9.17) is 9.84 Å². The number of carbonyl (C=O) groups excluding carboxylic acids is 1. The molecule has 0 fully saturated rings. The molecule has 21 heavy (non-hydrogen) atoms. The molecule has 0 aliphatic heterocycles. The highest BCUT2D eigenvalue weighted by atomic mass is 16.5. The molecule has 1 amide bonds. The summed E-state index contributed by atoms with van der Waals surface area (Å²) < 4.78 is 5.54. The van der Waals surface area contributed by atoms with Gasteiger partial charge in [-0.15, -0.1) is 0 Å². The van der Waals surface area contributed by atoms with Crippen LogP contribution in [-0.2, 0) is 16.0 Å². The normalized spacial score (nSPS) is 10.2. The monoisotopic (exact) mass is 293 g/mol. The lowest BCUT2D eigenvalue weighted by atomic mass is 10.1. The minimum atomic E-state index is -0.836. The van der Waals surface area contributed by atoms with Gasteiger partial charge in [0, 0.05) is 20.0 Å². The van der Waals surface area contributed by atoms with E-state index < -0.39 is 5.97 Å². The van der Waals surface area contributed by atoms with Crippen molar-refractivity contribution >= 4 is 11.9 Å². The Labute approximate surface area is 125 Å². The van der Waals surface area contributed by atoms with E-state index in [0.29, 0.717) is 26.0 Å². The number of benzene rings is 1. The highest BCUT2D eigenvalue weighted by molar-refractivity contribution is 5.78. The van der Waals surface area contributed by atoms with Crippen molar-refractivity contribution in [3.63, 3.8) is 0 Å². The molecule has 1 N–H and O–H groups in total. The highest BCUT2D eigenvalue weighted by Crippen LogP contribution is 2.14. The first-order valence-electron chi connectivity index (χ1n) is 7.20. The Morgan fingerprint density at radius 2 is 2.10 bits per heavy atom. The smallest absolute Gasteiger partial charge is 0.303 e. The van der Waals surface area contributed by atoms with E-state index in [2.05, 4.69) is 0 Å². The van der Waals surface area contributed by atoms with Gasteiger partial charge in [0.15, 0.2) is 0 Å². The van der Waals surface area contributed by atoms with Crippen molar-refractivity contribution in [1.29, 1.82) is 0 Å². The number of nitrogens with zero attached hydrogens (tertiary/aromatic N) is 1. The second kappa shape index (κ2) is 9.00. The van der Waals surface area contributed by atoms with Gasteiger partial charge in [-0.05, 0) is 30.5 Å². The topological polar surface area (TPSA) is 66.8 Å². The first kappa shape index (κ1) is 17.0. The Kier molecular flexibility index (Phi) is 7.29. The van der Waals surface area contributed by atoms with Gasteiger partial charge in [-0.1, -0.05) is 19.1 Å². The summed E-state index contributed by atoms with van der Waals surface area (Å²) in [5, 5.41) is 8.58. The Balaban J connectivity index is 2.47. The predicted molar refractivity (Wildman–Crippen MR) is 80.4 cm³/mol. The zero-order valence-corrected chi connectivity index (χ0v) is 12.7. The first-order chi connectivity index (χ1) is 10.0. The molecule has 0 aliphatic rings. The number of rotatable bonds is 9. The van der Waals surface area contributed by atoms with Gasteiger partial charge >= 0.3 is 5.97 Å². The number of aliphatic carboxylic acids is 1. The third-order valence-corrected chi connectivity index (χ3v) is 3.04. The van der Waals surface area contributed by atoms with Gasteiger partial charge in [0.2, 0.25) is 5.91 Å². The maximum Gasteiger partial charge on any atom is 0.303 e. The molecule has 5 nitrogen and oxygen atoms in total. The van der Waals surface area contributed by atoms with Gasteiger partial charge < -0.3 is 14.7 Å². The third kappa shape index (κ3) is 6.79. The van der Waals surface area contributed by atoms with Crippen molar-refractivity contribution in [3.05, 3.63) is 29.8 Å². The molecule has 0 aromatic heterocycles. The molecule has 0 bridgehead atoms. The minimum Gasteiger partial charge on any atom is -0.494 e. The average molecular weight is 293 g/mol. The predicted octanol–water partition coefficient (Wildman–Crippen LogP) is 2.34. The van der Waals surface area contributed by atoms with Crippen molar-refractivity contribution < 1.29 is 19.4 Å². The molecular weight excluding hydrogens is 270 g/mol. The Morgan fingerprint density at radius 3 is 2.76 bits per heavy atom. The third-order valence-electron chi connectivity index (χ3n) is 3.04. The summed E-state index contributed by atoms with van der Waals surface area (Å²) in [6.07, 6.45) is 1.79. The first-order valence-corrected chi connectivity index (χ1v) is 7.20. The van der Waals surface area contributed by atoms with E-state index in [-0.39, 0.29) is 12.3 Å². The molecule has 0 saturated heterocycles. The molecule has 0 aliphatic carbocycles. The van der Waals surface area contributed by atoms with Crippen LogP contribution in [0.4, 0.5) is 0 Å². The second-order valence-corrected chi connectivity index (χ2v) is 4.99. The molecule has 0 heterocycles. The summed E-state index contributed by atoms with van der Waals surface area (Å²) in [6.45, 7) is 3.16. The molecule has 1 rings (SSSR count). The number of amides is 1. The van der Waals surface area contributed by atoms with Gasteiger partial charge in [0.25, 0.3) is 0 Å². The Bertz CT molecular complexity index is 473. The number of hydrogen-bond donors (Lipinski definition) is 1. The summed E-state index contributed by atoms with van der Waals surface area (Å²) in [6, 6.07) is 7.51. The van der Waals surface area contributed by atoms with Crippen LogP contribution in [0.1, 0.15) is 31.7 Å². The average Bonchev–Trinajstić information content (AvgIpc) is 2.45. The summed E-state index contributed by atoms with van der Waals surface area (Å²) in [5.74, 6) is -0.0830. The van der Waals surface area contributed by atoms with Crippen molar-refractivity contribution in [2.45, 2.75) is 32.6 Å². The summed E-state index contributed by atoms with van der Waals surface area (Å²) in [4.78, 5) is 24.1. The van der Waals surface area contributed by atoms with Crippen LogP contribution in [0.15, 0.2) is 24.3 Å².